The second-order valence-corrected chi connectivity index (χ2v) is 9.07. The maximum atomic E-state index is 13.8. The highest BCUT2D eigenvalue weighted by atomic mass is 31.2. The Hall–Kier alpha value is -2.81. The molecule has 0 aliphatic rings. The zero-order valence-electron chi connectivity index (χ0n) is 17.1. The summed E-state index contributed by atoms with van der Waals surface area (Å²) in [5.41, 5.74) is 0.224. The second kappa shape index (κ2) is 9.80. The standard InChI is InChI=1S/C19H24N3O7P/c1-13(2)28-30(27,29-14(3)4)19(15-7-5-9-17(11-15)21(23)24)20-16-8-6-10-18(12-16)22(25)26/h5-14,19-20H,1-4H3/t19-/m0/s1. The Morgan fingerprint density at radius 3 is 1.87 bits per heavy atom. The third-order valence-corrected chi connectivity index (χ3v) is 6.28. The highest BCUT2D eigenvalue weighted by Gasteiger charge is 2.40. The first-order valence-electron chi connectivity index (χ1n) is 9.23. The van der Waals surface area contributed by atoms with Gasteiger partial charge in [-0.2, -0.15) is 0 Å². The molecule has 2 aromatic carbocycles. The van der Waals surface area contributed by atoms with Crippen LogP contribution in [0.25, 0.3) is 0 Å². The van der Waals surface area contributed by atoms with Gasteiger partial charge >= 0.3 is 7.60 Å². The number of nitrogens with one attached hydrogen (secondary N) is 1. The summed E-state index contributed by atoms with van der Waals surface area (Å²) in [5, 5.41) is 25.3. The van der Waals surface area contributed by atoms with Crippen LogP contribution >= 0.6 is 7.60 Å². The van der Waals surface area contributed by atoms with E-state index >= 15 is 0 Å². The Balaban J connectivity index is 2.60. The Kier molecular flexibility index (Phi) is 7.66. The predicted octanol–water partition coefficient (Wildman–Crippen LogP) is 5.66. The third-order valence-electron chi connectivity index (χ3n) is 3.79. The minimum absolute atomic E-state index is 0.165. The first-order chi connectivity index (χ1) is 14.0. The van der Waals surface area contributed by atoms with Crippen molar-refractivity contribution in [2.24, 2.45) is 0 Å². The molecular weight excluding hydrogens is 413 g/mol. The summed E-state index contributed by atoms with van der Waals surface area (Å²) in [6.07, 6.45) is -0.939. The van der Waals surface area contributed by atoms with E-state index in [2.05, 4.69) is 5.32 Å². The summed E-state index contributed by atoms with van der Waals surface area (Å²) in [6.45, 7) is 6.75. The van der Waals surface area contributed by atoms with Gasteiger partial charge in [-0.05, 0) is 39.3 Å². The lowest BCUT2D eigenvalue weighted by atomic mass is 10.2. The zero-order chi connectivity index (χ0) is 22.5. The smallest absolute Gasteiger partial charge is 0.357 e. The molecule has 11 heteroatoms. The summed E-state index contributed by atoms with van der Waals surface area (Å²) in [4.78, 5) is 21.2. The number of nitro groups is 2. The number of nitrogens with zero attached hydrogens (tertiary/aromatic N) is 2. The van der Waals surface area contributed by atoms with E-state index in [4.69, 9.17) is 9.05 Å². The van der Waals surface area contributed by atoms with Gasteiger partial charge in [-0.1, -0.05) is 18.2 Å². The summed E-state index contributed by atoms with van der Waals surface area (Å²) in [6, 6.07) is 11.2. The number of nitro benzene ring substituents is 2. The first-order valence-corrected chi connectivity index (χ1v) is 10.8. The van der Waals surface area contributed by atoms with Gasteiger partial charge in [0.1, 0.15) is 0 Å². The molecule has 1 N–H and O–H groups in total. The fraction of sp³-hybridized carbons (Fsp3) is 0.368. The van der Waals surface area contributed by atoms with Crippen molar-refractivity contribution in [3.8, 4) is 0 Å². The molecule has 0 aliphatic heterocycles. The molecule has 162 valence electrons. The summed E-state index contributed by atoms with van der Waals surface area (Å²) >= 11 is 0. The van der Waals surface area contributed by atoms with Gasteiger partial charge in [0, 0.05) is 30.0 Å². The van der Waals surface area contributed by atoms with E-state index in [-0.39, 0.29) is 11.4 Å². The van der Waals surface area contributed by atoms with Crippen molar-refractivity contribution in [1.82, 2.24) is 0 Å². The van der Waals surface area contributed by atoms with Crippen LogP contribution in [0, 0.1) is 20.2 Å². The Morgan fingerprint density at radius 1 is 0.867 bits per heavy atom. The molecule has 0 heterocycles. The summed E-state index contributed by atoms with van der Waals surface area (Å²) < 4.78 is 25.2. The normalized spacial score (nSPS) is 12.7. The second-order valence-electron chi connectivity index (χ2n) is 7.05. The van der Waals surface area contributed by atoms with Gasteiger partial charge in [0.15, 0.2) is 5.78 Å². The van der Waals surface area contributed by atoms with Gasteiger partial charge in [-0.15, -0.1) is 0 Å². The molecule has 0 bridgehead atoms. The number of benzene rings is 2. The minimum Gasteiger partial charge on any atom is -0.368 e. The van der Waals surface area contributed by atoms with Crippen LogP contribution in [-0.2, 0) is 13.6 Å². The van der Waals surface area contributed by atoms with E-state index in [0.717, 1.165) is 0 Å². The zero-order valence-corrected chi connectivity index (χ0v) is 17.9. The first kappa shape index (κ1) is 23.5. The lowest BCUT2D eigenvalue weighted by molar-refractivity contribution is -0.385. The molecule has 10 nitrogen and oxygen atoms in total. The molecule has 0 fully saturated rings. The molecule has 0 radical (unpaired) electrons. The van der Waals surface area contributed by atoms with E-state index in [9.17, 15) is 24.8 Å². The van der Waals surface area contributed by atoms with Gasteiger partial charge < -0.3 is 14.4 Å². The van der Waals surface area contributed by atoms with Crippen LogP contribution in [0.2, 0.25) is 0 Å². The molecule has 0 aromatic heterocycles. The highest BCUT2D eigenvalue weighted by Crippen LogP contribution is 2.62. The van der Waals surface area contributed by atoms with Crippen LogP contribution < -0.4 is 5.32 Å². The SMILES string of the molecule is CC(C)OP(=O)(OC(C)C)[C@H](Nc1cccc([N+](=O)[O-])c1)c1cccc([N+](=O)[O-])c1. The van der Waals surface area contributed by atoms with Crippen LogP contribution in [0.15, 0.2) is 48.5 Å². The molecule has 0 saturated carbocycles. The lowest BCUT2D eigenvalue weighted by Crippen LogP contribution is -2.19. The van der Waals surface area contributed by atoms with Gasteiger partial charge in [0.2, 0.25) is 0 Å². The Bertz CT molecular complexity index is 951. The molecule has 0 unspecified atom stereocenters. The summed E-state index contributed by atoms with van der Waals surface area (Å²) in [5.74, 6) is -1.13. The van der Waals surface area contributed by atoms with Gasteiger partial charge in [-0.3, -0.25) is 24.8 Å². The number of hydrogen-bond donors (Lipinski definition) is 1. The number of non-ortho nitro benzene ring substituents is 2. The largest absolute Gasteiger partial charge is 0.368 e. The third kappa shape index (κ3) is 6.09. The van der Waals surface area contributed by atoms with E-state index in [1.807, 2.05) is 0 Å². The van der Waals surface area contributed by atoms with E-state index in [1.165, 1.54) is 36.4 Å². The molecule has 30 heavy (non-hydrogen) atoms. The maximum Gasteiger partial charge on any atom is 0.357 e. The van der Waals surface area contributed by atoms with E-state index in [1.54, 1.807) is 39.8 Å². The van der Waals surface area contributed by atoms with Crippen LogP contribution in [0.1, 0.15) is 39.0 Å². The number of hydrogen-bond acceptors (Lipinski definition) is 8. The fourth-order valence-electron chi connectivity index (χ4n) is 2.75. The summed E-state index contributed by atoms with van der Waals surface area (Å²) in [7, 11) is -3.92. The number of rotatable bonds is 10. The molecule has 0 amide bonds. The Labute approximate surface area is 174 Å². The van der Waals surface area contributed by atoms with Crippen molar-refractivity contribution in [3.05, 3.63) is 74.3 Å². The van der Waals surface area contributed by atoms with Crippen LogP contribution in [0.5, 0.6) is 0 Å². The van der Waals surface area contributed by atoms with Crippen molar-refractivity contribution in [3.63, 3.8) is 0 Å². The van der Waals surface area contributed by atoms with Crippen molar-refractivity contribution < 1.29 is 23.5 Å². The molecular formula is C19H24N3O7P. The van der Waals surface area contributed by atoms with E-state index < -0.39 is 35.4 Å². The highest BCUT2D eigenvalue weighted by molar-refractivity contribution is 7.54. The molecule has 0 saturated heterocycles. The van der Waals surface area contributed by atoms with Gasteiger partial charge in [0.05, 0.1) is 22.1 Å². The molecule has 2 rings (SSSR count). The molecule has 1 atom stereocenters. The topological polar surface area (TPSA) is 134 Å². The van der Waals surface area contributed by atoms with Gasteiger partial charge in [-0.25, -0.2) is 0 Å². The van der Waals surface area contributed by atoms with Gasteiger partial charge in [0.25, 0.3) is 11.4 Å². The van der Waals surface area contributed by atoms with Crippen molar-refractivity contribution in [2.45, 2.75) is 45.7 Å². The monoisotopic (exact) mass is 437 g/mol. The van der Waals surface area contributed by atoms with Crippen molar-refractivity contribution in [1.29, 1.82) is 0 Å². The van der Waals surface area contributed by atoms with Crippen LogP contribution in [-0.4, -0.2) is 22.1 Å². The average Bonchev–Trinajstić information content (AvgIpc) is 2.65. The maximum absolute atomic E-state index is 13.8. The van der Waals surface area contributed by atoms with Crippen LogP contribution in [0.3, 0.4) is 0 Å². The quantitative estimate of drug-likeness (QED) is 0.286. The minimum atomic E-state index is -3.92. The van der Waals surface area contributed by atoms with Crippen molar-refractivity contribution >= 4 is 24.7 Å². The van der Waals surface area contributed by atoms with E-state index in [0.29, 0.717) is 11.3 Å². The average molecular weight is 437 g/mol. The fourth-order valence-corrected chi connectivity index (χ4v) is 5.06. The van der Waals surface area contributed by atoms with Crippen molar-refractivity contribution in [2.75, 3.05) is 5.32 Å². The number of anilines is 1. The molecule has 0 aliphatic carbocycles. The predicted molar refractivity (Wildman–Crippen MR) is 113 cm³/mol. The molecule has 0 spiro atoms. The lowest BCUT2D eigenvalue weighted by Gasteiger charge is -2.31. The Morgan fingerprint density at radius 2 is 1.37 bits per heavy atom. The van der Waals surface area contributed by atoms with Crippen LogP contribution in [0.4, 0.5) is 17.1 Å². The molecule has 2 aromatic rings.